The zero-order valence-electron chi connectivity index (χ0n) is 13.7. The maximum Gasteiger partial charge on any atom is 0.0994 e. The van der Waals surface area contributed by atoms with E-state index in [1.165, 1.54) is 16.7 Å². The van der Waals surface area contributed by atoms with Crippen LogP contribution in [-0.4, -0.2) is 17.0 Å². The van der Waals surface area contributed by atoms with Gasteiger partial charge in [-0.3, -0.25) is 4.90 Å². The third-order valence-corrected chi connectivity index (χ3v) is 4.29. The van der Waals surface area contributed by atoms with Crippen molar-refractivity contribution in [2.24, 2.45) is 0 Å². The third-order valence-electron chi connectivity index (χ3n) is 4.29. The van der Waals surface area contributed by atoms with Crippen molar-refractivity contribution in [1.29, 1.82) is 5.26 Å². The molecule has 1 aromatic rings. The molecule has 20 heavy (non-hydrogen) atoms. The molecular formula is C18H26N2. The summed E-state index contributed by atoms with van der Waals surface area (Å²) in [7, 11) is 0. The van der Waals surface area contributed by atoms with Crippen LogP contribution in [0.3, 0.4) is 0 Å². The minimum atomic E-state index is 0.124. The van der Waals surface area contributed by atoms with Crippen molar-refractivity contribution >= 4 is 0 Å². The van der Waals surface area contributed by atoms with E-state index < -0.39 is 0 Å². The second-order valence-corrected chi connectivity index (χ2v) is 7.82. The fourth-order valence-corrected chi connectivity index (χ4v) is 3.06. The van der Waals surface area contributed by atoms with Crippen LogP contribution in [0.5, 0.6) is 0 Å². The van der Waals surface area contributed by atoms with Crippen LogP contribution in [0, 0.1) is 11.3 Å². The summed E-state index contributed by atoms with van der Waals surface area (Å²) in [6, 6.07) is 6.53. The van der Waals surface area contributed by atoms with Crippen LogP contribution in [0.4, 0.5) is 0 Å². The quantitative estimate of drug-likeness (QED) is 0.712. The molecule has 1 aromatic carbocycles. The van der Waals surface area contributed by atoms with Crippen molar-refractivity contribution in [3.63, 3.8) is 0 Å². The Kier molecular flexibility index (Phi) is 3.69. The van der Waals surface area contributed by atoms with Gasteiger partial charge in [-0.15, -0.1) is 0 Å². The number of nitrogens with zero attached hydrogens (tertiary/aromatic N) is 2. The molecule has 0 radical (unpaired) electrons. The number of hydrogen-bond acceptors (Lipinski definition) is 2. The zero-order valence-corrected chi connectivity index (χ0v) is 13.7. The molecule has 108 valence electrons. The predicted octanol–water partition coefficient (Wildman–Crippen LogP) is 4.01. The van der Waals surface area contributed by atoms with Gasteiger partial charge in [-0.1, -0.05) is 26.8 Å². The molecule has 0 aliphatic carbocycles. The molecule has 0 amide bonds. The topological polar surface area (TPSA) is 27.0 Å². The Hall–Kier alpha value is -1.33. The second kappa shape index (κ2) is 4.90. The van der Waals surface area contributed by atoms with E-state index in [0.29, 0.717) is 0 Å². The summed E-state index contributed by atoms with van der Waals surface area (Å²) >= 11 is 0. The van der Waals surface area contributed by atoms with E-state index in [1.807, 2.05) is 6.07 Å². The molecule has 1 aliphatic rings. The van der Waals surface area contributed by atoms with Gasteiger partial charge in [0.2, 0.25) is 0 Å². The zero-order chi connectivity index (χ0) is 15.1. The second-order valence-electron chi connectivity index (χ2n) is 7.82. The molecule has 0 unspecified atom stereocenters. The van der Waals surface area contributed by atoms with Gasteiger partial charge in [0.15, 0.2) is 0 Å². The normalized spacial score (nSPS) is 16.6. The van der Waals surface area contributed by atoms with E-state index in [0.717, 1.165) is 25.1 Å². The highest BCUT2D eigenvalue weighted by molar-refractivity contribution is 5.50. The lowest BCUT2D eigenvalue weighted by Crippen LogP contribution is -2.45. The van der Waals surface area contributed by atoms with Crippen LogP contribution in [0.2, 0.25) is 0 Å². The summed E-state index contributed by atoms with van der Waals surface area (Å²) in [4.78, 5) is 2.52. The van der Waals surface area contributed by atoms with Gasteiger partial charge in [-0.25, -0.2) is 0 Å². The standard InChI is InChI=1S/C18H26N2/c1-17(2,3)16-8-7-13(11-19)14-9-10-20(12-15(14)16)18(4,5)6/h7-8H,9-10,12H2,1-6H3. The van der Waals surface area contributed by atoms with E-state index in [4.69, 9.17) is 0 Å². The largest absolute Gasteiger partial charge is 0.294 e. The lowest BCUT2D eigenvalue weighted by Gasteiger charge is -2.41. The van der Waals surface area contributed by atoms with Crippen molar-refractivity contribution in [2.45, 2.75) is 65.5 Å². The summed E-state index contributed by atoms with van der Waals surface area (Å²) in [5, 5.41) is 9.35. The lowest BCUT2D eigenvalue weighted by molar-refractivity contribution is 0.119. The number of fused-ring (bicyclic) bond motifs is 1. The Labute approximate surface area is 123 Å². The fourth-order valence-electron chi connectivity index (χ4n) is 3.06. The number of hydrogen-bond donors (Lipinski definition) is 0. The molecule has 1 heterocycles. The molecule has 0 saturated carbocycles. The average Bonchev–Trinajstić information content (AvgIpc) is 2.34. The fraction of sp³-hybridized carbons (Fsp3) is 0.611. The highest BCUT2D eigenvalue weighted by Gasteiger charge is 2.30. The molecule has 0 atom stereocenters. The first-order chi connectivity index (χ1) is 9.14. The first kappa shape index (κ1) is 15.1. The van der Waals surface area contributed by atoms with Gasteiger partial charge in [-0.2, -0.15) is 5.26 Å². The molecule has 2 nitrogen and oxygen atoms in total. The van der Waals surface area contributed by atoms with E-state index in [9.17, 15) is 5.26 Å². The highest BCUT2D eigenvalue weighted by atomic mass is 15.2. The van der Waals surface area contributed by atoms with Crippen LogP contribution >= 0.6 is 0 Å². The summed E-state index contributed by atoms with van der Waals surface area (Å²) in [5.74, 6) is 0. The number of rotatable bonds is 0. The van der Waals surface area contributed by atoms with Gasteiger partial charge in [-0.05, 0) is 55.4 Å². The number of nitriles is 1. The molecule has 0 N–H and O–H groups in total. The summed E-state index contributed by atoms with van der Waals surface area (Å²) in [6.45, 7) is 15.6. The maximum atomic E-state index is 9.35. The van der Waals surface area contributed by atoms with Crippen LogP contribution in [0.15, 0.2) is 12.1 Å². The minimum absolute atomic E-state index is 0.124. The molecule has 0 spiro atoms. The lowest BCUT2D eigenvalue weighted by atomic mass is 9.78. The van der Waals surface area contributed by atoms with Crippen molar-refractivity contribution < 1.29 is 0 Å². The first-order valence-corrected chi connectivity index (χ1v) is 7.45. The van der Waals surface area contributed by atoms with Crippen molar-refractivity contribution in [2.75, 3.05) is 6.54 Å². The Morgan fingerprint density at radius 2 is 1.70 bits per heavy atom. The van der Waals surface area contributed by atoms with Crippen molar-refractivity contribution in [3.8, 4) is 6.07 Å². The Morgan fingerprint density at radius 3 is 2.20 bits per heavy atom. The smallest absolute Gasteiger partial charge is 0.0994 e. The molecule has 0 saturated heterocycles. The van der Waals surface area contributed by atoms with Gasteiger partial charge in [0, 0.05) is 18.6 Å². The van der Waals surface area contributed by atoms with E-state index in [-0.39, 0.29) is 11.0 Å². The summed E-state index contributed by atoms with van der Waals surface area (Å²) in [6.07, 6.45) is 0.986. The van der Waals surface area contributed by atoms with Crippen molar-refractivity contribution in [1.82, 2.24) is 4.90 Å². The monoisotopic (exact) mass is 270 g/mol. The van der Waals surface area contributed by atoms with E-state index in [2.05, 4.69) is 58.6 Å². The van der Waals surface area contributed by atoms with Crippen LogP contribution in [0.25, 0.3) is 0 Å². The van der Waals surface area contributed by atoms with Gasteiger partial charge in [0.25, 0.3) is 0 Å². The van der Waals surface area contributed by atoms with Gasteiger partial charge in [0.1, 0.15) is 0 Å². The van der Waals surface area contributed by atoms with E-state index >= 15 is 0 Å². The summed E-state index contributed by atoms with van der Waals surface area (Å²) in [5.41, 5.74) is 5.22. The number of benzene rings is 1. The Morgan fingerprint density at radius 1 is 1.05 bits per heavy atom. The average molecular weight is 270 g/mol. The van der Waals surface area contributed by atoms with Gasteiger partial charge >= 0.3 is 0 Å². The molecule has 1 aliphatic heterocycles. The first-order valence-electron chi connectivity index (χ1n) is 7.45. The molecule has 0 fully saturated rings. The van der Waals surface area contributed by atoms with Crippen LogP contribution in [0.1, 0.15) is 63.8 Å². The Bertz CT molecular complexity index is 550. The van der Waals surface area contributed by atoms with Crippen LogP contribution < -0.4 is 0 Å². The Balaban J connectivity index is 2.55. The van der Waals surface area contributed by atoms with Gasteiger partial charge < -0.3 is 0 Å². The minimum Gasteiger partial charge on any atom is -0.294 e. The predicted molar refractivity (Wildman–Crippen MR) is 83.7 cm³/mol. The molecule has 0 bridgehead atoms. The maximum absolute atomic E-state index is 9.35. The molecule has 0 aromatic heterocycles. The summed E-state index contributed by atoms with van der Waals surface area (Å²) < 4.78 is 0. The molecular weight excluding hydrogens is 244 g/mol. The van der Waals surface area contributed by atoms with E-state index in [1.54, 1.807) is 0 Å². The molecule has 2 heteroatoms. The van der Waals surface area contributed by atoms with Crippen LogP contribution in [-0.2, 0) is 18.4 Å². The van der Waals surface area contributed by atoms with Gasteiger partial charge in [0.05, 0.1) is 11.6 Å². The van der Waals surface area contributed by atoms with Crippen molar-refractivity contribution in [3.05, 3.63) is 34.4 Å². The third kappa shape index (κ3) is 2.74. The highest BCUT2D eigenvalue weighted by Crippen LogP contribution is 2.35. The molecule has 2 rings (SSSR count). The SMILES string of the molecule is CC(C)(C)c1ccc(C#N)c2c1CN(C(C)(C)C)CC2.